The monoisotopic (exact) mass is 418 g/mol. The number of hydrogen-bond donors (Lipinski definition) is 2. The minimum atomic E-state index is 0.246. The molecule has 0 atom stereocenters. The molecule has 4 heterocycles. The Labute approximate surface area is 180 Å². The van der Waals surface area contributed by atoms with E-state index in [4.69, 9.17) is 5.11 Å². The summed E-state index contributed by atoms with van der Waals surface area (Å²) in [6, 6.07) is 8.27. The number of aryl methyl sites for hydroxylation is 1. The van der Waals surface area contributed by atoms with Crippen LogP contribution in [0.15, 0.2) is 43.0 Å². The molecule has 2 N–H and O–H groups in total. The molecule has 0 unspecified atom stereocenters. The van der Waals surface area contributed by atoms with Crippen molar-refractivity contribution in [2.24, 2.45) is 7.05 Å². The Kier molecular flexibility index (Phi) is 5.35. The number of H-pyrrole nitrogens is 1. The van der Waals surface area contributed by atoms with Crippen LogP contribution >= 0.6 is 0 Å². The molecule has 0 radical (unpaired) electrons. The van der Waals surface area contributed by atoms with Gasteiger partial charge in [-0.25, -0.2) is 9.97 Å². The summed E-state index contributed by atoms with van der Waals surface area (Å²) < 4.78 is 1.80. The van der Waals surface area contributed by atoms with E-state index in [0.717, 1.165) is 78.4 Å². The minimum Gasteiger partial charge on any atom is -0.396 e. The van der Waals surface area contributed by atoms with Gasteiger partial charge in [0.1, 0.15) is 17.8 Å². The summed E-state index contributed by atoms with van der Waals surface area (Å²) in [6.07, 6.45) is 6.31. The number of benzene rings is 1. The van der Waals surface area contributed by atoms with E-state index in [1.165, 1.54) is 0 Å². The highest BCUT2D eigenvalue weighted by molar-refractivity contribution is 5.95. The van der Waals surface area contributed by atoms with Crippen molar-refractivity contribution in [3.63, 3.8) is 0 Å². The third-order valence-corrected chi connectivity index (χ3v) is 5.83. The van der Waals surface area contributed by atoms with Gasteiger partial charge >= 0.3 is 0 Å². The number of aromatic nitrogens is 6. The van der Waals surface area contributed by atoms with Crippen LogP contribution in [0.2, 0.25) is 0 Å². The molecule has 9 nitrogen and oxygen atoms in total. The number of anilines is 1. The van der Waals surface area contributed by atoms with Gasteiger partial charge in [0.05, 0.1) is 17.4 Å². The van der Waals surface area contributed by atoms with Gasteiger partial charge in [-0.15, -0.1) is 0 Å². The summed E-state index contributed by atoms with van der Waals surface area (Å²) in [5, 5.41) is 22.0. The first-order valence-electron chi connectivity index (χ1n) is 10.6. The van der Waals surface area contributed by atoms with Crippen LogP contribution < -0.4 is 4.90 Å². The third kappa shape index (κ3) is 4.01. The van der Waals surface area contributed by atoms with E-state index in [-0.39, 0.29) is 6.61 Å². The number of aliphatic hydroxyl groups is 1. The van der Waals surface area contributed by atoms with Crippen molar-refractivity contribution in [2.75, 3.05) is 44.2 Å². The maximum Gasteiger partial charge on any atom is 0.132 e. The van der Waals surface area contributed by atoms with Crippen LogP contribution in [0.5, 0.6) is 0 Å². The maximum atomic E-state index is 9.04. The summed E-state index contributed by atoms with van der Waals surface area (Å²) in [7, 11) is 1.92. The molecule has 160 valence electrons. The van der Waals surface area contributed by atoms with E-state index in [2.05, 4.69) is 47.2 Å². The molecule has 1 aliphatic heterocycles. The first kappa shape index (κ1) is 19.7. The van der Waals surface area contributed by atoms with Crippen LogP contribution in [-0.2, 0) is 7.05 Å². The van der Waals surface area contributed by atoms with Crippen molar-refractivity contribution in [3.8, 4) is 22.5 Å². The van der Waals surface area contributed by atoms with Crippen LogP contribution in [0.1, 0.15) is 6.42 Å². The zero-order chi connectivity index (χ0) is 21.2. The second-order valence-corrected chi connectivity index (χ2v) is 7.90. The van der Waals surface area contributed by atoms with E-state index in [9.17, 15) is 0 Å². The average Bonchev–Trinajstić information content (AvgIpc) is 3.44. The quantitative estimate of drug-likeness (QED) is 0.494. The highest BCUT2D eigenvalue weighted by Gasteiger charge is 2.19. The Bertz CT molecular complexity index is 1180. The molecular formula is C22H26N8O. The normalized spacial score (nSPS) is 15.1. The van der Waals surface area contributed by atoms with Crippen LogP contribution in [0, 0.1) is 0 Å². The Balaban J connectivity index is 1.41. The van der Waals surface area contributed by atoms with E-state index in [1.54, 1.807) is 11.0 Å². The molecule has 3 aromatic heterocycles. The number of nitrogens with zero attached hydrogens (tertiary/aromatic N) is 7. The van der Waals surface area contributed by atoms with Crippen molar-refractivity contribution in [2.45, 2.75) is 6.42 Å². The fourth-order valence-electron chi connectivity index (χ4n) is 4.10. The zero-order valence-corrected chi connectivity index (χ0v) is 17.6. The Morgan fingerprint density at radius 2 is 1.94 bits per heavy atom. The zero-order valence-electron chi connectivity index (χ0n) is 17.6. The Morgan fingerprint density at radius 1 is 1.06 bits per heavy atom. The molecule has 4 aromatic rings. The Hall–Kier alpha value is -3.30. The number of aromatic amines is 1. The lowest BCUT2D eigenvalue weighted by molar-refractivity contribution is 0.215. The lowest BCUT2D eigenvalue weighted by Crippen LogP contribution is -2.47. The highest BCUT2D eigenvalue weighted by atomic mass is 16.3. The number of aliphatic hydroxyl groups excluding tert-OH is 1. The largest absolute Gasteiger partial charge is 0.396 e. The molecule has 1 aromatic carbocycles. The fraction of sp³-hybridized carbons (Fsp3) is 0.364. The smallest absolute Gasteiger partial charge is 0.132 e. The SMILES string of the molecule is Cn1cc(-c2ccc3[nH]nc(-c4cc(N5CCN(CCCO)CC5)ncn4)c3c2)cn1. The van der Waals surface area contributed by atoms with E-state index in [0.29, 0.717) is 0 Å². The van der Waals surface area contributed by atoms with Crippen LogP contribution in [0.25, 0.3) is 33.4 Å². The summed E-state index contributed by atoms with van der Waals surface area (Å²) in [6.45, 7) is 4.95. The fourth-order valence-corrected chi connectivity index (χ4v) is 4.10. The van der Waals surface area contributed by atoms with Gasteiger partial charge in [0, 0.05) is 69.6 Å². The average molecular weight is 419 g/mol. The van der Waals surface area contributed by atoms with Gasteiger partial charge in [0.15, 0.2) is 0 Å². The van der Waals surface area contributed by atoms with E-state index >= 15 is 0 Å². The second-order valence-electron chi connectivity index (χ2n) is 7.90. The Morgan fingerprint density at radius 3 is 2.71 bits per heavy atom. The van der Waals surface area contributed by atoms with Crippen molar-refractivity contribution in [1.29, 1.82) is 0 Å². The predicted molar refractivity (Wildman–Crippen MR) is 120 cm³/mol. The maximum absolute atomic E-state index is 9.04. The van der Waals surface area contributed by atoms with E-state index in [1.807, 2.05) is 31.6 Å². The van der Waals surface area contributed by atoms with Crippen molar-refractivity contribution in [3.05, 3.63) is 43.0 Å². The topological polar surface area (TPSA) is 99.0 Å². The predicted octanol–water partition coefficient (Wildman–Crippen LogP) is 1.92. The summed E-state index contributed by atoms with van der Waals surface area (Å²) in [4.78, 5) is 13.7. The van der Waals surface area contributed by atoms with Crippen molar-refractivity contribution in [1.82, 2.24) is 34.8 Å². The number of hydrogen-bond acceptors (Lipinski definition) is 7. The third-order valence-electron chi connectivity index (χ3n) is 5.83. The molecule has 31 heavy (non-hydrogen) atoms. The number of piperazine rings is 1. The van der Waals surface area contributed by atoms with Crippen LogP contribution in [-0.4, -0.2) is 79.3 Å². The van der Waals surface area contributed by atoms with Gasteiger partial charge < -0.3 is 10.0 Å². The molecule has 1 aliphatic rings. The molecule has 0 saturated carbocycles. The lowest BCUT2D eigenvalue weighted by Gasteiger charge is -2.35. The van der Waals surface area contributed by atoms with Gasteiger partial charge in [-0.05, 0) is 24.1 Å². The molecule has 0 spiro atoms. The summed E-state index contributed by atoms with van der Waals surface area (Å²) >= 11 is 0. The summed E-state index contributed by atoms with van der Waals surface area (Å²) in [5.41, 5.74) is 4.77. The first-order chi connectivity index (χ1) is 15.2. The van der Waals surface area contributed by atoms with Crippen LogP contribution in [0.4, 0.5) is 5.82 Å². The highest BCUT2D eigenvalue weighted by Crippen LogP contribution is 2.30. The molecule has 1 saturated heterocycles. The molecule has 0 amide bonds. The van der Waals surface area contributed by atoms with Gasteiger partial charge in [-0.2, -0.15) is 10.2 Å². The molecule has 1 fully saturated rings. The number of nitrogens with one attached hydrogen (secondary N) is 1. The number of rotatable bonds is 6. The molecule has 0 bridgehead atoms. The van der Waals surface area contributed by atoms with Gasteiger partial charge in [0.2, 0.25) is 0 Å². The van der Waals surface area contributed by atoms with Crippen molar-refractivity contribution < 1.29 is 5.11 Å². The van der Waals surface area contributed by atoms with Gasteiger partial charge in [-0.1, -0.05) is 6.07 Å². The van der Waals surface area contributed by atoms with Gasteiger partial charge in [-0.3, -0.25) is 14.7 Å². The molecular weight excluding hydrogens is 392 g/mol. The number of fused-ring (bicyclic) bond motifs is 1. The molecule has 5 rings (SSSR count). The molecule has 0 aliphatic carbocycles. The lowest BCUT2D eigenvalue weighted by atomic mass is 10.1. The van der Waals surface area contributed by atoms with Crippen molar-refractivity contribution >= 4 is 16.7 Å². The summed E-state index contributed by atoms with van der Waals surface area (Å²) in [5.74, 6) is 0.923. The van der Waals surface area contributed by atoms with E-state index < -0.39 is 0 Å². The molecule has 9 heteroatoms. The minimum absolute atomic E-state index is 0.246. The van der Waals surface area contributed by atoms with Crippen LogP contribution in [0.3, 0.4) is 0 Å². The first-order valence-corrected chi connectivity index (χ1v) is 10.6. The second kappa shape index (κ2) is 8.44. The van der Waals surface area contributed by atoms with Gasteiger partial charge in [0.25, 0.3) is 0 Å². The standard InChI is InChI=1S/C22H26N8O/c1-28-14-17(13-25-28)16-3-4-19-18(11-16)22(27-26-19)20-12-21(24-15-23-20)30-8-6-29(7-9-30)5-2-10-31/h3-4,11-15,31H,2,5-10H2,1H3,(H,26,27).